The second-order valence-corrected chi connectivity index (χ2v) is 5.86. The van der Waals surface area contributed by atoms with Gasteiger partial charge < -0.3 is 10.6 Å². The van der Waals surface area contributed by atoms with Crippen molar-refractivity contribution in [1.29, 1.82) is 0 Å². The molecule has 2 aromatic heterocycles. The van der Waals surface area contributed by atoms with Gasteiger partial charge in [0.25, 0.3) is 0 Å². The molecule has 0 bridgehead atoms. The van der Waals surface area contributed by atoms with Crippen LogP contribution in [0, 0.1) is 12.7 Å². The van der Waals surface area contributed by atoms with Crippen LogP contribution in [0.15, 0.2) is 60.2 Å². The lowest BCUT2D eigenvalue weighted by atomic mass is 10.1. The van der Waals surface area contributed by atoms with Gasteiger partial charge >= 0.3 is 0 Å². The monoisotopic (exact) mass is 480 g/mol. The molecule has 3 rings (SSSR count). The second-order valence-electron chi connectivity index (χ2n) is 5.86. The minimum Gasteiger partial charge on any atom is -0.352 e. The molecule has 6 nitrogen and oxygen atoms in total. The highest BCUT2D eigenvalue weighted by atomic mass is 127. The summed E-state index contributed by atoms with van der Waals surface area (Å²) in [6.07, 6.45) is 7.10. The summed E-state index contributed by atoms with van der Waals surface area (Å²) in [5.74, 6) is 1.30. The van der Waals surface area contributed by atoms with Gasteiger partial charge in [0.2, 0.25) is 0 Å². The zero-order valence-corrected chi connectivity index (χ0v) is 17.5. The Labute approximate surface area is 175 Å². The van der Waals surface area contributed by atoms with Crippen molar-refractivity contribution >= 4 is 29.9 Å². The van der Waals surface area contributed by atoms with Crippen LogP contribution in [0.3, 0.4) is 0 Å². The number of nitrogens with one attached hydrogen (secondary N) is 2. The van der Waals surface area contributed by atoms with Crippen molar-refractivity contribution in [3.63, 3.8) is 0 Å². The van der Waals surface area contributed by atoms with Gasteiger partial charge in [0, 0.05) is 38.7 Å². The number of pyridine rings is 1. The van der Waals surface area contributed by atoms with Crippen LogP contribution in [0.1, 0.15) is 16.7 Å². The van der Waals surface area contributed by atoms with E-state index in [0.29, 0.717) is 24.6 Å². The number of aromatic nitrogens is 3. The maximum Gasteiger partial charge on any atom is 0.191 e. The summed E-state index contributed by atoms with van der Waals surface area (Å²) in [4.78, 5) is 12.6. The Bertz CT molecular complexity index is 878. The zero-order chi connectivity index (χ0) is 18.4. The third-order valence-electron chi connectivity index (χ3n) is 3.94. The largest absolute Gasteiger partial charge is 0.352 e. The molecule has 0 aliphatic rings. The number of rotatable bonds is 5. The maximum absolute atomic E-state index is 13.3. The number of aryl methyl sites for hydroxylation is 1. The molecule has 0 fully saturated rings. The molecule has 0 saturated carbocycles. The standard InChI is InChI=1S/C19H21FN6.HI/c1-14-9-15(3-5-17(14)20)10-24-19(21-2)25-12-16-4-6-18(23-11-16)26-8-7-22-13-26;/h3-9,11,13H,10,12H2,1-2H3,(H2,21,24,25);1H. The first-order valence-electron chi connectivity index (χ1n) is 8.28. The molecule has 0 radical (unpaired) electrons. The van der Waals surface area contributed by atoms with Crippen LogP contribution >= 0.6 is 24.0 Å². The average Bonchev–Trinajstić information content (AvgIpc) is 3.20. The predicted molar refractivity (Wildman–Crippen MR) is 115 cm³/mol. The molecule has 2 N–H and O–H groups in total. The SMILES string of the molecule is CN=C(NCc1ccc(-n2ccnc2)nc1)NCc1ccc(F)c(C)c1.I. The van der Waals surface area contributed by atoms with Gasteiger partial charge in [-0.3, -0.25) is 9.56 Å². The van der Waals surface area contributed by atoms with E-state index in [9.17, 15) is 4.39 Å². The van der Waals surface area contributed by atoms with Crippen LogP contribution < -0.4 is 10.6 Å². The van der Waals surface area contributed by atoms with Gasteiger partial charge in [-0.25, -0.2) is 14.4 Å². The Morgan fingerprint density at radius 2 is 1.89 bits per heavy atom. The summed E-state index contributed by atoms with van der Waals surface area (Å²) in [6, 6.07) is 9.02. The zero-order valence-electron chi connectivity index (χ0n) is 15.2. The smallest absolute Gasteiger partial charge is 0.191 e. The molecule has 0 aliphatic heterocycles. The maximum atomic E-state index is 13.3. The van der Waals surface area contributed by atoms with Crippen molar-refractivity contribution < 1.29 is 4.39 Å². The van der Waals surface area contributed by atoms with Crippen molar-refractivity contribution in [2.45, 2.75) is 20.0 Å². The lowest BCUT2D eigenvalue weighted by molar-refractivity contribution is 0.617. The first-order valence-corrected chi connectivity index (χ1v) is 8.28. The highest BCUT2D eigenvalue weighted by molar-refractivity contribution is 14.0. The molecule has 0 saturated heterocycles. The number of guanidine groups is 1. The number of hydrogen-bond acceptors (Lipinski definition) is 3. The Morgan fingerprint density at radius 3 is 2.48 bits per heavy atom. The Kier molecular flexibility index (Phi) is 7.71. The molecule has 3 aromatic rings. The van der Waals surface area contributed by atoms with Gasteiger partial charge in [-0.15, -0.1) is 24.0 Å². The topological polar surface area (TPSA) is 67.1 Å². The van der Waals surface area contributed by atoms with E-state index >= 15 is 0 Å². The third kappa shape index (κ3) is 5.75. The molecule has 0 aliphatic carbocycles. The normalized spacial score (nSPS) is 11.0. The first kappa shape index (κ1) is 20.8. The molecule has 8 heteroatoms. The van der Waals surface area contributed by atoms with Crippen LogP contribution in [-0.2, 0) is 13.1 Å². The van der Waals surface area contributed by atoms with Gasteiger partial charge in [-0.2, -0.15) is 0 Å². The Morgan fingerprint density at radius 1 is 1.15 bits per heavy atom. The number of halogens is 2. The molecule has 0 atom stereocenters. The van der Waals surface area contributed by atoms with E-state index in [1.807, 2.05) is 35.2 Å². The van der Waals surface area contributed by atoms with E-state index in [4.69, 9.17) is 0 Å². The van der Waals surface area contributed by atoms with Gasteiger partial charge in [0.05, 0.1) is 0 Å². The van der Waals surface area contributed by atoms with E-state index in [-0.39, 0.29) is 29.8 Å². The summed E-state index contributed by atoms with van der Waals surface area (Å²) in [5, 5.41) is 6.46. The number of imidazole rings is 1. The summed E-state index contributed by atoms with van der Waals surface area (Å²) >= 11 is 0. The molecule has 0 unspecified atom stereocenters. The molecule has 27 heavy (non-hydrogen) atoms. The minimum atomic E-state index is -0.192. The molecule has 142 valence electrons. The van der Waals surface area contributed by atoms with Crippen LogP contribution in [-0.4, -0.2) is 27.5 Å². The molecule has 0 spiro atoms. The summed E-state index contributed by atoms with van der Waals surface area (Å²) < 4.78 is 15.2. The quantitative estimate of drug-likeness (QED) is 0.335. The van der Waals surface area contributed by atoms with Crippen LogP contribution in [0.2, 0.25) is 0 Å². The van der Waals surface area contributed by atoms with E-state index in [0.717, 1.165) is 16.9 Å². The summed E-state index contributed by atoms with van der Waals surface area (Å²) in [7, 11) is 1.71. The van der Waals surface area contributed by atoms with Crippen molar-refractivity contribution in [3.05, 3.63) is 77.8 Å². The second kappa shape index (κ2) is 10.0. The fourth-order valence-corrected chi connectivity index (χ4v) is 2.48. The van der Waals surface area contributed by atoms with Crippen molar-refractivity contribution in [1.82, 2.24) is 25.2 Å². The van der Waals surface area contributed by atoms with Crippen LogP contribution in [0.4, 0.5) is 4.39 Å². The van der Waals surface area contributed by atoms with Gasteiger partial charge in [0.1, 0.15) is 18.0 Å². The number of aliphatic imine (C=N–C) groups is 1. The number of benzene rings is 1. The van der Waals surface area contributed by atoms with E-state index in [1.54, 1.807) is 32.6 Å². The Hall–Kier alpha value is -2.49. The highest BCUT2D eigenvalue weighted by Crippen LogP contribution is 2.09. The van der Waals surface area contributed by atoms with E-state index in [2.05, 4.69) is 25.6 Å². The summed E-state index contributed by atoms with van der Waals surface area (Å²) in [5.41, 5.74) is 2.67. The molecular weight excluding hydrogens is 458 g/mol. The molecular formula is C19H22FIN6. The molecule has 2 heterocycles. The van der Waals surface area contributed by atoms with E-state index < -0.39 is 0 Å². The van der Waals surface area contributed by atoms with Gasteiger partial charge in [0.15, 0.2) is 5.96 Å². The fourth-order valence-electron chi connectivity index (χ4n) is 2.48. The highest BCUT2D eigenvalue weighted by Gasteiger charge is 2.03. The lowest BCUT2D eigenvalue weighted by Crippen LogP contribution is -2.36. The van der Waals surface area contributed by atoms with Crippen molar-refractivity contribution in [2.24, 2.45) is 4.99 Å². The van der Waals surface area contributed by atoms with Crippen LogP contribution in [0.5, 0.6) is 0 Å². The van der Waals surface area contributed by atoms with Gasteiger partial charge in [-0.1, -0.05) is 18.2 Å². The van der Waals surface area contributed by atoms with E-state index in [1.165, 1.54) is 6.07 Å². The van der Waals surface area contributed by atoms with Crippen molar-refractivity contribution in [2.75, 3.05) is 7.05 Å². The lowest BCUT2D eigenvalue weighted by Gasteiger charge is -2.12. The minimum absolute atomic E-state index is 0. The number of nitrogens with zero attached hydrogens (tertiary/aromatic N) is 4. The van der Waals surface area contributed by atoms with Gasteiger partial charge in [-0.05, 0) is 35.7 Å². The number of hydrogen-bond donors (Lipinski definition) is 2. The third-order valence-corrected chi connectivity index (χ3v) is 3.94. The first-order chi connectivity index (χ1) is 12.7. The average molecular weight is 480 g/mol. The van der Waals surface area contributed by atoms with Crippen molar-refractivity contribution in [3.8, 4) is 5.82 Å². The Balaban J connectivity index is 0.00000261. The molecule has 0 amide bonds. The predicted octanol–water partition coefficient (Wildman–Crippen LogP) is 3.20. The summed E-state index contributed by atoms with van der Waals surface area (Å²) in [6.45, 7) is 2.92. The fraction of sp³-hybridized carbons (Fsp3) is 0.211. The van der Waals surface area contributed by atoms with Crippen LogP contribution in [0.25, 0.3) is 5.82 Å². The molecule has 1 aromatic carbocycles.